The Labute approximate surface area is 221 Å². The van der Waals surface area contributed by atoms with Gasteiger partial charge in [-0.25, -0.2) is 4.99 Å². The van der Waals surface area contributed by atoms with Gasteiger partial charge in [-0.1, -0.05) is 28.0 Å². The van der Waals surface area contributed by atoms with Crippen molar-refractivity contribution in [2.75, 3.05) is 5.32 Å². The Bertz CT molecular complexity index is 1670. The Hall–Kier alpha value is -2.65. The van der Waals surface area contributed by atoms with Gasteiger partial charge in [-0.3, -0.25) is 14.7 Å². The number of hydrogen-bond acceptors (Lipinski definition) is 10. The van der Waals surface area contributed by atoms with Gasteiger partial charge in [0.15, 0.2) is 5.13 Å². The van der Waals surface area contributed by atoms with Crippen LogP contribution < -0.4 is 45.4 Å². The van der Waals surface area contributed by atoms with Crippen LogP contribution in [0, 0.1) is 0 Å². The van der Waals surface area contributed by atoms with Gasteiger partial charge in [0.25, 0.3) is 16.0 Å². The van der Waals surface area contributed by atoms with Crippen molar-refractivity contribution in [3.05, 3.63) is 62.9 Å². The third kappa shape index (κ3) is 4.63. The topological polar surface area (TPSA) is 168 Å². The van der Waals surface area contributed by atoms with E-state index in [0.717, 1.165) is 23.5 Å². The van der Waals surface area contributed by atoms with Crippen molar-refractivity contribution in [1.29, 1.82) is 0 Å². The maximum absolute atomic E-state index is 12.5. The van der Waals surface area contributed by atoms with E-state index >= 15 is 0 Å². The maximum Gasteiger partial charge on any atom is 1.00 e. The minimum Gasteiger partial charge on any atom is -0.492 e. The van der Waals surface area contributed by atoms with E-state index in [1.165, 1.54) is 6.07 Å². The Morgan fingerprint density at radius 3 is 2.53 bits per heavy atom. The average Bonchev–Trinajstić information content (AvgIpc) is 3.44. The number of benzene rings is 2. The van der Waals surface area contributed by atoms with Gasteiger partial charge >= 0.3 is 35.6 Å². The zero-order chi connectivity index (χ0) is 23.3. The van der Waals surface area contributed by atoms with Gasteiger partial charge in [0.05, 0.1) is 15.8 Å². The van der Waals surface area contributed by atoms with Crippen LogP contribution >= 0.6 is 22.9 Å². The number of thiazole rings is 1. The molecule has 15 heteroatoms. The fraction of sp³-hybridized carbons (Fsp3) is 0. The molecule has 0 bridgehead atoms. The van der Waals surface area contributed by atoms with Crippen LogP contribution in [0.3, 0.4) is 0 Å². The molecule has 0 atom stereocenters. The molecular formula is C19H10ClN5NaO6S2+. The SMILES string of the molecule is O=C1N=c2ccc(S(=O)(=O)O)cc2=C1c1sc(Nc2nnc(-c3ccc(Cl)cc3)o2)nc1O.[Na+]. The Kier molecular flexibility index (Phi) is 6.61. The van der Waals surface area contributed by atoms with Gasteiger partial charge in [-0.2, -0.15) is 13.4 Å². The number of aromatic hydroxyl groups is 1. The first-order valence-corrected chi connectivity index (χ1v) is 11.6. The zero-order valence-electron chi connectivity index (χ0n) is 17.1. The smallest absolute Gasteiger partial charge is 0.492 e. The van der Waals surface area contributed by atoms with E-state index in [0.29, 0.717) is 10.6 Å². The number of fused-ring (bicyclic) bond motifs is 1. The molecular weight excluding hydrogens is 517 g/mol. The van der Waals surface area contributed by atoms with E-state index in [2.05, 4.69) is 25.5 Å². The van der Waals surface area contributed by atoms with Crippen LogP contribution in [-0.2, 0) is 14.9 Å². The molecule has 0 saturated heterocycles. The molecule has 2 aromatic heterocycles. The van der Waals surface area contributed by atoms with Crippen LogP contribution in [0.4, 0.5) is 11.1 Å². The van der Waals surface area contributed by atoms with Crippen molar-refractivity contribution in [1.82, 2.24) is 15.2 Å². The molecule has 1 aliphatic heterocycles. The number of halogens is 1. The van der Waals surface area contributed by atoms with E-state index in [4.69, 9.17) is 16.0 Å². The summed E-state index contributed by atoms with van der Waals surface area (Å²) in [5.41, 5.74) is 0.591. The van der Waals surface area contributed by atoms with E-state index in [9.17, 15) is 22.9 Å². The molecule has 2 aromatic carbocycles. The number of carbonyl (C=O) groups excluding carboxylic acids is 1. The van der Waals surface area contributed by atoms with Gasteiger partial charge in [0.1, 0.15) is 4.88 Å². The van der Waals surface area contributed by atoms with E-state index in [-0.39, 0.29) is 67.6 Å². The number of carbonyl (C=O) groups is 1. The van der Waals surface area contributed by atoms with Crippen LogP contribution in [-0.4, -0.2) is 39.2 Å². The predicted octanol–water partition coefficient (Wildman–Crippen LogP) is -1.09. The standard InChI is InChI=1S/C19H10ClN5O6S2.Na/c20-9-3-1-8(2-4-9)17-24-25-18(31-17)23-19-22-16(27)14(32-19)13-11-7-10(33(28,29)30)5-6-12(11)21-15(13)26;/h1-7,27H,(H,22,23,25)(H,28,29,30);/q;+1. The van der Waals surface area contributed by atoms with Gasteiger partial charge in [-0.15, -0.1) is 5.10 Å². The number of aromatic nitrogens is 3. The number of nitrogens with zero attached hydrogens (tertiary/aromatic N) is 4. The fourth-order valence-corrected chi connectivity index (χ4v) is 4.61. The molecule has 0 spiro atoms. The maximum atomic E-state index is 12.5. The summed E-state index contributed by atoms with van der Waals surface area (Å²) in [5, 5.41) is 21.9. The second-order valence-corrected chi connectivity index (χ2v) is 9.52. The molecule has 166 valence electrons. The summed E-state index contributed by atoms with van der Waals surface area (Å²) in [5.74, 6) is -0.949. The van der Waals surface area contributed by atoms with E-state index < -0.39 is 26.8 Å². The first kappa shape index (κ1) is 24.5. The quantitative estimate of drug-likeness (QED) is 0.214. The molecule has 4 aromatic rings. The molecule has 0 unspecified atom stereocenters. The van der Waals surface area contributed by atoms with Crippen molar-refractivity contribution >= 4 is 55.7 Å². The van der Waals surface area contributed by atoms with Crippen molar-refractivity contribution < 1.29 is 56.8 Å². The Morgan fingerprint density at radius 1 is 1.09 bits per heavy atom. The number of hydrogen-bond donors (Lipinski definition) is 3. The van der Waals surface area contributed by atoms with Crippen LogP contribution in [0.25, 0.3) is 17.0 Å². The van der Waals surface area contributed by atoms with Crippen LogP contribution in [0.5, 0.6) is 5.88 Å². The minimum atomic E-state index is -4.50. The van der Waals surface area contributed by atoms with Crippen LogP contribution in [0.1, 0.15) is 4.88 Å². The number of anilines is 2. The second kappa shape index (κ2) is 9.19. The molecule has 0 saturated carbocycles. The molecule has 11 nitrogen and oxygen atoms in total. The summed E-state index contributed by atoms with van der Waals surface area (Å²) in [7, 11) is -4.50. The zero-order valence-corrected chi connectivity index (χ0v) is 21.4. The number of rotatable bonds is 5. The minimum absolute atomic E-state index is 0. The third-order valence-corrected chi connectivity index (χ3v) is 6.62. The largest absolute Gasteiger partial charge is 1.00 e. The van der Waals surface area contributed by atoms with Crippen LogP contribution in [0.2, 0.25) is 5.02 Å². The molecule has 34 heavy (non-hydrogen) atoms. The molecule has 5 rings (SSSR count). The molecule has 3 N–H and O–H groups in total. The van der Waals surface area contributed by atoms with Gasteiger partial charge < -0.3 is 9.52 Å². The second-order valence-electron chi connectivity index (χ2n) is 6.66. The van der Waals surface area contributed by atoms with Crippen molar-refractivity contribution in [3.8, 4) is 17.3 Å². The number of amides is 1. The van der Waals surface area contributed by atoms with Gasteiger partial charge in [0.2, 0.25) is 11.8 Å². The molecule has 0 aliphatic carbocycles. The molecule has 1 amide bonds. The summed E-state index contributed by atoms with van der Waals surface area (Å²) in [6.45, 7) is 0. The van der Waals surface area contributed by atoms with Crippen molar-refractivity contribution in [2.45, 2.75) is 4.90 Å². The van der Waals surface area contributed by atoms with Gasteiger partial charge in [-0.05, 0) is 42.5 Å². The predicted molar refractivity (Wildman–Crippen MR) is 116 cm³/mol. The monoisotopic (exact) mass is 526 g/mol. The van der Waals surface area contributed by atoms with Crippen molar-refractivity contribution in [3.63, 3.8) is 0 Å². The average molecular weight is 527 g/mol. The molecule has 3 heterocycles. The molecule has 1 aliphatic rings. The Balaban J connectivity index is 0.00000274. The van der Waals surface area contributed by atoms with Crippen LogP contribution in [0.15, 0.2) is 56.8 Å². The summed E-state index contributed by atoms with van der Waals surface area (Å²) >= 11 is 6.76. The molecule has 0 radical (unpaired) electrons. The summed E-state index contributed by atoms with van der Waals surface area (Å²) in [6.07, 6.45) is 0. The normalized spacial score (nSPS) is 12.8. The van der Waals surface area contributed by atoms with Crippen molar-refractivity contribution in [2.24, 2.45) is 4.99 Å². The summed E-state index contributed by atoms with van der Waals surface area (Å²) in [6, 6.07) is 10.3. The van der Waals surface area contributed by atoms with E-state index in [1.807, 2.05) is 0 Å². The summed E-state index contributed by atoms with van der Waals surface area (Å²) in [4.78, 5) is 19.9. The number of nitrogens with one attached hydrogen (secondary N) is 1. The first-order chi connectivity index (χ1) is 15.7. The molecule has 0 fully saturated rings. The summed E-state index contributed by atoms with van der Waals surface area (Å²) < 4.78 is 37.8. The fourth-order valence-electron chi connectivity index (χ4n) is 3.08. The first-order valence-electron chi connectivity index (χ1n) is 9.00. The third-order valence-electron chi connectivity index (χ3n) is 4.54. The van der Waals surface area contributed by atoms with E-state index in [1.54, 1.807) is 24.3 Å². The Morgan fingerprint density at radius 2 is 1.82 bits per heavy atom. The van der Waals surface area contributed by atoms with Gasteiger partial charge in [0, 0.05) is 15.8 Å².